The molecule has 0 unspecified atom stereocenters. The Morgan fingerprint density at radius 3 is 2.72 bits per heavy atom. The lowest BCUT2D eigenvalue weighted by Gasteiger charge is -2.00. The van der Waals surface area contributed by atoms with E-state index in [4.69, 9.17) is 5.26 Å². The average molecular weight is 234 g/mol. The van der Waals surface area contributed by atoms with E-state index < -0.39 is 0 Å². The Kier molecular flexibility index (Phi) is 2.50. The van der Waals surface area contributed by atoms with Crippen LogP contribution >= 0.6 is 0 Å². The smallest absolute Gasteiger partial charge is 0.162 e. The predicted molar refractivity (Wildman–Crippen MR) is 67.0 cm³/mol. The second-order valence-electron chi connectivity index (χ2n) is 4.03. The van der Waals surface area contributed by atoms with Crippen molar-refractivity contribution in [3.8, 4) is 6.07 Å². The Morgan fingerprint density at radius 2 is 1.94 bits per heavy atom. The zero-order chi connectivity index (χ0) is 12.4. The maximum absolute atomic E-state index is 8.83. The van der Waals surface area contributed by atoms with Crippen molar-refractivity contribution >= 4 is 5.65 Å². The fourth-order valence-electron chi connectivity index (χ4n) is 1.91. The SMILES string of the molecule is N#Cc1ccn2c(Cc3ccccc3)nnc2c1. The lowest BCUT2D eigenvalue weighted by molar-refractivity contribution is 0.934. The van der Waals surface area contributed by atoms with Gasteiger partial charge in [-0.05, 0) is 11.6 Å². The summed E-state index contributed by atoms with van der Waals surface area (Å²) in [5.74, 6) is 0.876. The topological polar surface area (TPSA) is 54.0 Å². The summed E-state index contributed by atoms with van der Waals surface area (Å²) in [7, 11) is 0. The highest BCUT2D eigenvalue weighted by atomic mass is 15.2. The largest absolute Gasteiger partial charge is 0.286 e. The molecule has 0 aliphatic carbocycles. The van der Waals surface area contributed by atoms with Crippen molar-refractivity contribution in [1.82, 2.24) is 14.6 Å². The molecule has 0 aliphatic rings. The monoisotopic (exact) mass is 234 g/mol. The number of hydrogen-bond donors (Lipinski definition) is 0. The molecule has 0 atom stereocenters. The van der Waals surface area contributed by atoms with Crippen LogP contribution < -0.4 is 0 Å². The number of rotatable bonds is 2. The minimum Gasteiger partial charge on any atom is -0.286 e. The molecule has 0 fully saturated rings. The molecule has 3 rings (SSSR count). The van der Waals surface area contributed by atoms with E-state index in [1.165, 1.54) is 5.56 Å². The van der Waals surface area contributed by atoms with Gasteiger partial charge in [-0.2, -0.15) is 5.26 Å². The first-order chi connectivity index (χ1) is 8.86. The lowest BCUT2D eigenvalue weighted by Crippen LogP contribution is -1.96. The van der Waals surface area contributed by atoms with Gasteiger partial charge in [0, 0.05) is 18.7 Å². The summed E-state index contributed by atoms with van der Waals surface area (Å²) in [6.45, 7) is 0. The van der Waals surface area contributed by atoms with E-state index >= 15 is 0 Å². The molecule has 4 heteroatoms. The van der Waals surface area contributed by atoms with Crippen LogP contribution in [0.15, 0.2) is 48.7 Å². The van der Waals surface area contributed by atoms with Crippen molar-refractivity contribution in [1.29, 1.82) is 5.26 Å². The Hall–Kier alpha value is -2.67. The van der Waals surface area contributed by atoms with Crippen molar-refractivity contribution < 1.29 is 0 Å². The fourth-order valence-corrected chi connectivity index (χ4v) is 1.91. The highest BCUT2D eigenvalue weighted by Crippen LogP contribution is 2.10. The van der Waals surface area contributed by atoms with E-state index in [1.807, 2.05) is 28.8 Å². The van der Waals surface area contributed by atoms with Crippen LogP contribution in [0, 0.1) is 11.3 Å². The molecule has 0 bridgehead atoms. The van der Waals surface area contributed by atoms with Gasteiger partial charge in [0.25, 0.3) is 0 Å². The highest BCUT2D eigenvalue weighted by molar-refractivity contribution is 5.45. The predicted octanol–water partition coefficient (Wildman–Crippen LogP) is 2.19. The van der Waals surface area contributed by atoms with Gasteiger partial charge >= 0.3 is 0 Å². The molecule has 0 saturated heterocycles. The highest BCUT2D eigenvalue weighted by Gasteiger charge is 2.06. The second-order valence-corrected chi connectivity index (χ2v) is 4.03. The summed E-state index contributed by atoms with van der Waals surface area (Å²) in [6, 6.07) is 15.7. The summed E-state index contributed by atoms with van der Waals surface area (Å²) < 4.78 is 1.91. The normalized spacial score (nSPS) is 10.4. The maximum atomic E-state index is 8.83. The van der Waals surface area contributed by atoms with Gasteiger partial charge in [0.05, 0.1) is 11.6 Å². The molecular formula is C14H10N4. The van der Waals surface area contributed by atoms with Crippen LogP contribution in [0.5, 0.6) is 0 Å². The fraction of sp³-hybridized carbons (Fsp3) is 0.0714. The van der Waals surface area contributed by atoms with Crippen LogP contribution in [0.4, 0.5) is 0 Å². The summed E-state index contributed by atoms with van der Waals surface area (Å²) in [5.41, 5.74) is 2.50. The quantitative estimate of drug-likeness (QED) is 0.683. The summed E-state index contributed by atoms with van der Waals surface area (Å²) in [4.78, 5) is 0. The zero-order valence-corrected chi connectivity index (χ0v) is 9.61. The Bertz CT molecular complexity index is 722. The van der Waals surface area contributed by atoms with Crippen molar-refractivity contribution in [2.24, 2.45) is 0 Å². The lowest BCUT2D eigenvalue weighted by atomic mass is 10.1. The van der Waals surface area contributed by atoms with E-state index in [-0.39, 0.29) is 0 Å². The standard InChI is InChI=1S/C14H10N4/c15-10-12-6-7-18-13(16-17-14(18)9-12)8-11-4-2-1-3-5-11/h1-7,9H,8H2. The molecule has 0 spiro atoms. The van der Waals surface area contributed by atoms with E-state index in [9.17, 15) is 0 Å². The minimum atomic E-state index is 0.598. The van der Waals surface area contributed by atoms with Crippen LogP contribution in [-0.4, -0.2) is 14.6 Å². The van der Waals surface area contributed by atoms with Gasteiger partial charge in [-0.25, -0.2) is 0 Å². The summed E-state index contributed by atoms with van der Waals surface area (Å²) in [6.07, 6.45) is 2.57. The second kappa shape index (κ2) is 4.30. The molecule has 0 saturated carbocycles. The number of benzene rings is 1. The molecular weight excluding hydrogens is 224 g/mol. The van der Waals surface area contributed by atoms with E-state index in [1.54, 1.807) is 12.1 Å². The van der Waals surface area contributed by atoms with Crippen molar-refractivity contribution in [2.45, 2.75) is 6.42 Å². The van der Waals surface area contributed by atoms with Crippen LogP contribution in [-0.2, 0) is 6.42 Å². The zero-order valence-electron chi connectivity index (χ0n) is 9.61. The van der Waals surface area contributed by atoms with Gasteiger partial charge in [0.15, 0.2) is 5.65 Å². The molecule has 0 aliphatic heterocycles. The van der Waals surface area contributed by atoms with Gasteiger partial charge < -0.3 is 0 Å². The van der Waals surface area contributed by atoms with Crippen LogP contribution in [0.3, 0.4) is 0 Å². The first-order valence-electron chi connectivity index (χ1n) is 5.64. The number of nitriles is 1. The van der Waals surface area contributed by atoms with Gasteiger partial charge in [-0.1, -0.05) is 30.3 Å². The molecule has 86 valence electrons. The van der Waals surface area contributed by atoms with Crippen molar-refractivity contribution in [2.75, 3.05) is 0 Å². The van der Waals surface area contributed by atoms with Crippen molar-refractivity contribution in [3.63, 3.8) is 0 Å². The van der Waals surface area contributed by atoms with Crippen LogP contribution in [0.2, 0.25) is 0 Å². The first-order valence-corrected chi connectivity index (χ1v) is 5.64. The minimum absolute atomic E-state index is 0.598. The number of fused-ring (bicyclic) bond motifs is 1. The Morgan fingerprint density at radius 1 is 1.11 bits per heavy atom. The van der Waals surface area contributed by atoms with E-state index in [0.29, 0.717) is 11.2 Å². The van der Waals surface area contributed by atoms with Gasteiger partial charge in [-0.15, -0.1) is 10.2 Å². The maximum Gasteiger partial charge on any atom is 0.162 e. The summed E-state index contributed by atoms with van der Waals surface area (Å²) >= 11 is 0. The number of hydrogen-bond acceptors (Lipinski definition) is 3. The Labute approximate surface area is 104 Å². The molecule has 2 heterocycles. The molecule has 0 radical (unpaired) electrons. The molecule has 3 aromatic rings. The van der Waals surface area contributed by atoms with Gasteiger partial charge in [0.1, 0.15) is 5.82 Å². The molecule has 1 aromatic carbocycles. The van der Waals surface area contributed by atoms with Gasteiger partial charge in [-0.3, -0.25) is 4.40 Å². The number of aromatic nitrogens is 3. The molecule has 2 aromatic heterocycles. The van der Waals surface area contributed by atoms with E-state index in [0.717, 1.165) is 12.2 Å². The van der Waals surface area contributed by atoms with Gasteiger partial charge in [0.2, 0.25) is 0 Å². The number of nitrogens with zero attached hydrogens (tertiary/aromatic N) is 4. The number of pyridine rings is 1. The molecule has 18 heavy (non-hydrogen) atoms. The van der Waals surface area contributed by atoms with E-state index in [2.05, 4.69) is 28.4 Å². The third-order valence-electron chi connectivity index (χ3n) is 2.81. The third-order valence-corrected chi connectivity index (χ3v) is 2.81. The molecule has 0 amide bonds. The first kappa shape index (κ1) is 10.5. The van der Waals surface area contributed by atoms with Crippen LogP contribution in [0.1, 0.15) is 17.0 Å². The summed E-state index contributed by atoms with van der Waals surface area (Å²) in [5, 5.41) is 17.1. The van der Waals surface area contributed by atoms with Crippen molar-refractivity contribution in [3.05, 3.63) is 65.6 Å². The molecule has 0 N–H and O–H groups in total. The Balaban J connectivity index is 2.01. The molecule has 4 nitrogen and oxygen atoms in total. The third kappa shape index (κ3) is 1.82. The average Bonchev–Trinajstić information content (AvgIpc) is 2.82. The van der Waals surface area contributed by atoms with Crippen LogP contribution in [0.25, 0.3) is 5.65 Å².